The molecule has 0 aliphatic heterocycles. The van der Waals surface area contributed by atoms with Crippen LogP contribution < -0.4 is 5.73 Å². The van der Waals surface area contributed by atoms with E-state index in [0.29, 0.717) is 29.4 Å². The summed E-state index contributed by atoms with van der Waals surface area (Å²) >= 11 is 5.85. The second kappa shape index (κ2) is 7.12. The number of nitrogens with zero attached hydrogens (tertiary/aromatic N) is 1. The van der Waals surface area contributed by atoms with E-state index >= 15 is 0 Å². The van der Waals surface area contributed by atoms with E-state index in [2.05, 4.69) is 4.98 Å². The molecule has 0 saturated heterocycles. The van der Waals surface area contributed by atoms with Crippen LogP contribution in [-0.2, 0) is 16.0 Å². The number of rotatable bonds is 6. The van der Waals surface area contributed by atoms with Crippen molar-refractivity contribution in [2.24, 2.45) is 0 Å². The van der Waals surface area contributed by atoms with Crippen LogP contribution in [0.2, 0.25) is 5.02 Å². The largest absolute Gasteiger partial charge is 0.466 e. The lowest BCUT2D eigenvalue weighted by atomic mass is 10.2. The lowest BCUT2D eigenvalue weighted by Crippen LogP contribution is -2.08. The molecule has 1 rings (SSSR count). The van der Waals surface area contributed by atoms with Crippen LogP contribution in [0.15, 0.2) is 12.3 Å². The number of anilines is 1. The number of hydrogen-bond donors (Lipinski definition) is 1. The SMILES string of the molecule is CCCCOC(=O)CCc1nccc(Cl)c1N. The van der Waals surface area contributed by atoms with Crippen molar-refractivity contribution in [2.45, 2.75) is 32.6 Å². The average Bonchev–Trinajstić information content (AvgIpc) is 2.31. The minimum atomic E-state index is -0.223. The fraction of sp³-hybridized carbons (Fsp3) is 0.500. The van der Waals surface area contributed by atoms with Crippen molar-refractivity contribution in [3.63, 3.8) is 0 Å². The molecule has 1 heterocycles. The smallest absolute Gasteiger partial charge is 0.306 e. The van der Waals surface area contributed by atoms with Crippen molar-refractivity contribution >= 4 is 23.3 Å². The minimum absolute atomic E-state index is 0.223. The number of unbranched alkanes of at least 4 members (excludes halogenated alkanes) is 1. The first kappa shape index (κ1) is 13.8. The average molecular weight is 257 g/mol. The molecule has 1 aromatic heterocycles. The van der Waals surface area contributed by atoms with Gasteiger partial charge in [0.1, 0.15) is 0 Å². The standard InChI is InChI=1S/C12H17ClN2O2/c1-2-3-8-17-11(16)5-4-10-12(14)9(13)6-7-15-10/h6-7H,2-5,8,14H2,1H3. The Morgan fingerprint density at radius 2 is 2.35 bits per heavy atom. The third-order valence-corrected chi connectivity index (χ3v) is 2.68. The van der Waals surface area contributed by atoms with Crippen molar-refractivity contribution < 1.29 is 9.53 Å². The van der Waals surface area contributed by atoms with Gasteiger partial charge < -0.3 is 10.5 Å². The summed E-state index contributed by atoms with van der Waals surface area (Å²) in [5, 5.41) is 0.467. The molecule has 0 bridgehead atoms. The molecule has 17 heavy (non-hydrogen) atoms. The van der Waals surface area contributed by atoms with E-state index in [9.17, 15) is 4.79 Å². The van der Waals surface area contributed by atoms with E-state index in [4.69, 9.17) is 22.1 Å². The van der Waals surface area contributed by atoms with Crippen LogP contribution in [0.5, 0.6) is 0 Å². The van der Waals surface area contributed by atoms with E-state index in [0.717, 1.165) is 12.8 Å². The van der Waals surface area contributed by atoms with Gasteiger partial charge in [0.2, 0.25) is 0 Å². The fourth-order valence-corrected chi connectivity index (χ4v) is 1.48. The van der Waals surface area contributed by atoms with Gasteiger partial charge in [-0.2, -0.15) is 0 Å². The maximum absolute atomic E-state index is 11.4. The van der Waals surface area contributed by atoms with Gasteiger partial charge in [0.25, 0.3) is 0 Å². The normalized spacial score (nSPS) is 10.2. The summed E-state index contributed by atoms with van der Waals surface area (Å²) in [6, 6.07) is 1.62. The van der Waals surface area contributed by atoms with Crippen LogP contribution in [0.1, 0.15) is 31.9 Å². The molecule has 94 valence electrons. The Kier molecular flexibility index (Phi) is 5.77. The maximum atomic E-state index is 11.4. The first-order chi connectivity index (χ1) is 8.15. The molecule has 4 nitrogen and oxygen atoms in total. The summed E-state index contributed by atoms with van der Waals surface area (Å²) in [4.78, 5) is 15.5. The summed E-state index contributed by atoms with van der Waals surface area (Å²) in [5.74, 6) is -0.223. The zero-order chi connectivity index (χ0) is 12.7. The summed E-state index contributed by atoms with van der Waals surface area (Å²) in [7, 11) is 0. The van der Waals surface area contributed by atoms with Crippen LogP contribution in [0.25, 0.3) is 0 Å². The van der Waals surface area contributed by atoms with Crippen molar-refractivity contribution in [3.05, 3.63) is 23.0 Å². The number of nitrogen functional groups attached to an aromatic ring is 1. The number of carbonyl (C=O) groups excluding carboxylic acids is 1. The van der Waals surface area contributed by atoms with Crippen LogP contribution in [0.4, 0.5) is 5.69 Å². The number of esters is 1. The molecule has 0 fully saturated rings. The Balaban J connectivity index is 2.39. The van der Waals surface area contributed by atoms with Crippen LogP contribution in [0.3, 0.4) is 0 Å². The van der Waals surface area contributed by atoms with Crippen LogP contribution in [0, 0.1) is 0 Å². The molecule has 0 radical (unpaired) electrons. The monoisotopic (exact) mass is 256 g/mol. The number of aryl methyl sites for hydroxylation is 1. The van der Waals surface area contributed by atoms with Gasteiger partial charge in [-0.05, 0) is 12.5 Å². The zero-order valence-electron chi connectivity index (χ0n) is 9.91. The van der Waals surface area contributed by atoms with Crippen molar-refractivity contribution in [1.29, 1.82) is 0 Å². The van der Waals surface area contributed by atoms with Crippen molar-refractivity contribution in [2.75, 3.05) is 12.3 Å². The van der Waals surface area contributed by atoms with Gasteiger partial charge in [0.15, 0.2) is 0 Å². The summed E-state index contributed by atoms with van der Waals surface area (Å²) in [6.07, 6.45) is 4.22. The number of hydrogen-bond acceptors (Lipinski definition) is 4. The Morgan fingerprint density at radius 1 is 1.59 bits per heavy atom. The van der Waals surface area contributed by atoms with Crippen molar-refractivity contribution in [3.8, 4) is 0 Å². The first-order valence-electron chi connectivity index (χ1n) is 5.69. The maximum Gasteiger partial charge on any atom is 0.306 e. The quantitative estimate of drug-likeness (QED) is 0.628. The molecule has 1 aromatic rings. The number of halogens is 1. The first-order valence-corrected chi connectivity index (χ1v) is 6.07. The predicted molar refractivity (Wildman–Crippen MR) is 67.8 cm³/mol. The lowest BCUT2D eigenvalue weighted by molar-refractivity contribution is -0.143. The molecular weight excluding hydrogens is 240 g/mol. The summed E-state index contributed by atoms with van der Waals surface area (Å²) in [5.41, 5.74) is 6.83. The minimum Gasteiger partial charge on any atom is -0.466 e. The Morgan fingerprint density at radius 3 is 3.06 bits per heavy atom. The third kappa shape index (κ3) is 4.61. The van der Waals surface area contributed by atoms with E-state index in [1.807, 2.05) is 6.92 Å². The number of carbonyl (C=O) groups is 1. The Bertz CT molecular complexity index is 383. The number of aromatic nitrogens is 1. The van der Waals surface area contributed by atoms with E-state index in [1.54, 1.807) is 12.3 Å². The predicted octanol–water partition coefficient (Wildman–Crippen LogP) is 2.59. The van der Waals surface area contributed by atoms with Gasteiger partial charge in [-0.25, -0.2) is 0 Å². The molecule has 0 saturated carbocycles. The van der Waals surface area contributed by atoms with Gasteiger partial charge in [0, 0.05) is 12.6 Å². The number of nitrogens with two attached hydrogens (primary N) is 1. The van der Waals surface area contributed by atoms with Crippen LogP contribution >= 0.6 is 11.6 Å². The second-order valence-corrected chi connectivity index (χ2v) is 4.13. The van der Waals surface area contributed by atoms with Crippen LogP contribution in [-0.4, -0.2) is 17.6 Å². The van der Waals surface area contributed by atoms with E-state index in [1.165, 1.54) is 0 Å². The molecular formula is C12H17ClN2O2. The van der Waals surface area contributed by atoms with Gasteiger partial charge in [-0.3, -0.25) is 9.78 Å². The fourth-order valence-electron chi connectivity index (χ4n) is 1.31. The van der Waals surface area contributed by atoms with Gasteiger partial charge in [0.05, 0.1) is 29.4 Å². The molecule has 0 atom stereocenters. The van der Waals surface area contributed by atoms with E-state index < -0.39 is 0 Å². The zero-order valence-corrected chi connectivity index (χ0v) is 10.7. The molecule has 0 aliphatic carbocycles. The molecule has 0 unspecified atom stereocenters. The third-order valence-electron chi connectivity index (χ3n) is 2.35. The molecule has 0 amide bonds. The van der Waals surface area contributed by atoms with E-state index in [-0.39, 0.29) is 12.4 Å². The molecule has 2 N–H and O–H groups in total. The second-order valence-electron chi connectivity index (χ2n) is 3.73. The molecule has 5 heteroatoms. The Labute approximate surface area is 106 Å². The Hall–Kier alpha value is -1.29. The highest BCUT2D eigenvalue weighted by Gasteiger charge is 2.08. The highest BCUT2D eigenvalue weighted by Crippen LogP contribution is 2.21. The van der Waals surface area contributed by atoms with Gasteiger partial charge in [-0.1, -0.05) is 24.9 Å². The summed E-state index contributed by atoms with van der Waals surface area (Å²) in [6.45, 7) is 2.53. The van der Waals surface area contributed by atoms with Gasteiger partial charge in [-0.15, -0.1) is 0 Å². The lowest BCUT2D eigenvalue weighted by Gasteiger charge is -2.06. The molecule has 0 spiro atoms. The van der Waals surface area contributed by atoms with Gasteiger partial charge >= 0.3 is 5.97 Å². The van der Waals surface area contributed by atoms with Crippen molar-refractivity contribution in [1.82, 2.24) is 4.98 Å². The molecule has 0 aliphatic rings. The molecule has 0 aromatic carbocycles. The topological polar surface area (TPSA) is 65.2 Å². The number of ether oxygens (including phenoxy) is 1. The highest BCUT2D eigenvalue weighted by atomic mass is 35.5. The highest BCUT2D eigenvalue weighted by molar-refractivity contribution is 6.33. The summed E-state index contributed by atoms with van der Waals surface area (Å²) < 4.78 is 5.03. The number of pyridine rings is 1.